The average Bonchev–Trinajstić information content (AvgIpc) is 2.74. The second-order valence-electron chi connectivity index (χ2n) is 3.17. The molecule has 76 valence electrons. The summed E-state index contributed by atoms with van der Waals surface area (Å²) in [5.41, 5.74) is 7.18. The Morgan fingerprint density at radius 3 is 2.67 bits per heavy atom. The van der Waals surface area contributed by atoms with E-state index >= 15 is 0 Å². The number of rotatable bonds is 2. The summed E-state index contributed by atoms with van der Waals surface area (Å²) in [4.78, 5) is 14.7. The zero-order chi connectivity index (χ0) is 10.8. The molecule has 0 aliphatic rings. The summed E-state index contributed by atoms with van der Waals surface area (Å²) in [6.45, 7) is 0. The molecule has 0 radical (unpaired) electrons. The highest BCUT2D eigenvalue weighted by Gasteiger charge is 2.10. The van der Waals surface area contributed by atoms with Crippen molar-refractivity contribution in [2.45, 2.75) is 0 Å². The van der Waals surface area contributed by atoms with Crippen molar-refractivity contribution >= 4 is 23.1 Å². The van der Waals surface area contributed by atoms with Crippen LogP contribution in [0.15, 0.2) is 36.7 Å². The number of nitrogens with two attached hydrogens (primary N) is 1. The molecule has 4 heteroatoms. The molecule has 0 bridgehead atoms. The highest BCUT2D eigenvalue weighted by atomic mass is 35.5. The van der Waals surface area contributed by atoms with E-state index in [1.54, 1.807) is 36.7 Å². The molecular weight excluding hydrogens is 212 g/mol. The van der Waals surface area contributed by atoms with Crippen molar-refractivity contribution in [3.05, 3.63) is 52.8 Å². The van der Waals surface area contributed by atoms with E-state index in [0.717, 1.165) is 0 Å². The zero-order valence-corrected chi connectivity index (χ0v) is 8.58. The first-order chi connectivity index (χ1) is 7.18. The second-order valence-corrected chi connectivity index (χ2v) is 3.57. The summed E-state index contributed by atoms with van der Waals surface area (Å²) in [6, 6.07) is 6.58. The third kappa shape index (κ3) is 1.87. The number of anilines is 1. The van der Waals surface area contributed by atoms with Gasteiger partial charge in [0.05, 0.1) is 10.7 Å². The molecule has 0 aliphatic heterocycles. The number of H-pyrrole nitrogens is 1. The van der Waals surface area contributed by atoms with Gasteiger partial charge in [0.15, 0.2) is 5.78 Å². The Balaban J connectivity index is 2.39. The lowest BCUT2D eigenvalue weighted by atomic mass is 10.1. The lowest BCUT2D eigenvalue weighted by Crippen LogP contribution is -2.00. The number of carbonyl (C=O) groups is 1. The van der Waals surface area contributed by atoms with Gasteiger partial charge in [0, 0.05) is 23.5 Å². The van der Waals surface area contributed by atoms with Gasteiger partial charge >= 0.3 is 0 Å². The molecular formula is C11H9ClN2O. The highest BCUT2D eigenvalue weighted by Crippen LogP contribution is 2.21. The van der Waals surface area contributed by atoms with Gasteiger partial charge in [-0.1, -0.05) is 11.6 Å². The molecule has 0 saturated heterocycles. The lowest BCUT2D eigenvalue weighted by Gasteiger charge is -2.01. The molecule has 0 fully saturated rings. The standard InChI is InChI=1S/C11H9ClN2O/c12-9-2-1-7(5-10(9)13)11(15)8-3-4-14-6-8/h1-6,14H,13H2. The number of hydrogen-bond donors (Lipinski definition) is 2. The molecule has 0 aliphatic carbocycles. The Bertz CT molecular complexity index is 491. The van der Waals surface area contributed by atoms with Crippen LogP contribution in [-0.2, 0) is 0 Å². The number of nitrogens with one attached hydrogen (secondary N) is 1. The molecule has 15 heavy (non-hydrogen) atoms. The quantitative estimate of drug-likeness (QED) is 0.604. The van der Waals surface area contributed by atoms with E-state index < -0.39 is 0 Å². The molecule has 3 N–H and O–H groups in total. The first-order valence-corrected chi connectivity index (χ1v) is 4.79. The van der Waals surface area contributed by atoms with E-state index in [1.165, 1.54) is 0 Å². The highest BCUT2D eigenvalue weighted by molar-refractivity contribution is 6.33. The summed E-state index contributed by atoms with van der Waals surface area (Å²) in [6.07, 6.45) is 3.35. The minimum Gasteiger partial charge on any atom is -0.398 e. The van der Waals surface area contributed by atoms with Gasteiger partial charge in [-0.2, -0.15) is 0 Å². The van der Waals surface area contributed by atoms with E-state index in [2.05, 4.69) is 4.98 Å². The number of carbonyl (C=O) groups excluding carboxylic acids is 1. The van der Waals surface area contributed by atoms with E-state index in [-0.39, 0.29) is 5.78 Å². The summed E-state index contributed by atoms with van der Waals surface area (Å²) < 4.78 is 0. The van der Waals surface area contributed by atoms with Crippen molar-refractivity contribution in [1.82, 2.24) is 4.98 Å². The molecule has 2 aromatic rings. The average molecular weight is 221 g/mol. The van der Waals surface area contributed by atoms with Crippen molar-refractivity contribution in [3.63, 3.8) is 0 Å². The van der Waals surface area contributed by atoms with Crippen LogP contribution in [0.25, 0.3) is 0 Å². The SMILES string of the molecule is Nc1cc(C(=O)c2cc[nH]c2)ccc1Cl. The fraction of sp³-hybridized carbons (Fsp3) is 0. The van der Waals surface area contributed by atoms with Crippen molar-refractivity contribution < 1.29 is 4.79 Å². The van der Waals surface area contributed by atoms with E-state index in [1.807, 2.05) is 0 Å². The Kier molecular flexibility index (Phi) is 2.47. The number of benzene rings is 1. The third-order valence-electron chi connectivity index (χ3n) is 2.12. The van der Waals surface area contributed by atoms with Crippen LogP contribution in [0.3, 0.4) is 0 Å². The van der Waals surface area contributed by atoms with Crippen molar-refractivity contribution in [1.29, 1.82) is 0 Å². The van der Waals surface area contributed by atoms with Crippen LogP contribution in [-0.4, -0.2) is 10.8 Å². The van der Waals surface area contributed by atoms with Crippen LogP contribution < -0.4 is 5.73 Å². The predicted molar refractivity (Wildman–Crippen MR) is 60.1 cm³/mol. The molecule has 0 saturated carbocycles. The van der Waals surface area contributed by atoms with Gasteiger partial charge < -0.3 is 10.7 Å². The smallest absolute Gasteiger partial charge is 0.194 e. The molecule has 1 aromatic carbocycles. The number of aromatic nitrogens is 1. The topological polar surface area (TPSA) is 58.9 Å². The summed E-state index contributed by atoms with van der Waals surface area (Å²) in [5.74, 6) is -0.0698. The lowest BCUT2D eigenvalue weighted by molar-refractivity contribution is 0.103. The van der Waals surface area contributed by atoms with Crippen LogP contribution in [0.4, 0.5) is 5.69 Å². The molecule has 3 nitrogen and oxygen atoms in total. The fourth-order valence-electron chi connectivity index (χ4n) is 1.32. The van der Waals surface area contributed by atoms with Gasteiger partial charge in [-0.05, 0) is 24.3 Å². The van der Waals surface area contributed by atoms with Gasteiger partial charge in [-0.15, -0.1) is 0 Å². The maximum Gasteiger partial charge on any atom is 0.194 e. The largest absolute Gasteiger partial charge is 0.398 e. The number of ketones is 1. The minimum atomic E-state index is -0.0698. The maximum absolute atomic E-state index is 11.9. The number of nitrogen functional groups attached to an aromatic ring is 1. The number of halogens is 1. The van der Waals surface area contributed by atoms with Crippen LogP contribution in [0.2, 0.25) is 5.02 Å². The Morgan fingerprint density at radius 2 is 2.07 bits per heavy atom. The zero-order valence-electron chi connectivity index (χ0n) is 7.83. The molecule has 0 unspecified atom stereocenters. The van der Waals surface area contributed by atoms with E-state index in [4.69, 9.17) is 17.3 Å². The van der Waals surface area contributed by atoms with Crippen LogP contribution >= 0.6 is 11.6 Å². The van der Waals surface area contributed by atoms with E-state index in [9.17, 15) is 4.79 Å². The van der Waals surface area contributed by atoms with Crippen LogP contribution in [0, 0.1) is 0 Å². The molecule has 0 amide bonds. The van der Waals surface area contributed by atoms with Crippen molar-refractivity contribution in [2.24, 2.45) is 0 Å². The minimum absolute atomic E-state index is 0.0698. The summed E-state index contributed by atoms with van der Waals surface area (Å²) in [5, 5.41) is 0.459. The Morgan fingerprint density at radius 1 is 1.27 bits per heavy atom. The fourth-order valence-corrected chi connectivity index (χ4v) is 1.43. The summed E-state index contributed by atoms with van der Waals surface area (Å²) >= 11 is 5.77. The first-order valence-electron chi connectivity index (χ1n) is 4.41. The molecule has 0 atom stereocenters. The van der Waals surface area contributed by atoms with Crippen LogP contribution in [0.5, 0.6) is 0 Å². The predicted octanol–water partition coefficient (Wildman–Crippen LogP) is 2.48. The summed E-state index contributed by atoms with van der Waals surface area (Å²) in [7, 11) is 0. The number of hydrogen-bond acceptors (Lipinski definition) is 2. The van der Waals surface area contributed by atoms with Gasteiger partial charge in [0.2, 0.25) is 0 Å². The van der Waals surface area contributed by atoms with Gasteiger partial charge in [-0.3, -0.25) is 4.79 Å². The monoisotopic (exact) mass is 220 g/mol. The van der Waals surface area contributed by atoms with Gasteiger partial charge in [0.25, 0.3) is 0 Å². The van der Waals surface area contributed by atoms with E-state index in [0.29, 0.717) is 21.8 Å². The number of aromatic amines is 1. The van der Waals surface area contributed by atoms with Gasteiger partial charge in [0.1, 0.15) is 0 Å². The maximum atomic E-state index is 11.9. The van der Waals surface area contributed by atoms with Gasteiger partial charge in [-0.25, -0.2) is 0 Å². The molecule has 0 spiro atoms. The van der Waals surface area contributed by atoms with Crippen molar-refractivity contribution in [3.8, 4) is 0 Å². The third-order valence-corrected chi connectivity index (χ3v) is 2.46. The Hall–Kier alpha value is -1.74. The normalized spacial score (nSPS) is 10.2. The molecule has 2 rings (SSSR count). The Labute approximate surface area is 91.9 Å². The van der Waals surface area contributed by atoms with Crippen LogP contribution in [0.1, 0.15) is 15.9 Å². The molecule has 1 heterocycles. The molecule has 1 aromatic heterocycles. The van der Waals surface area contributed by atoms with Crippen molar-refractivity contribution in [2.75, 3.05) is 5.73 Å². The second kappa shape index (κ2) is 3.79. The first kappa shape index (κ1) is 9.80.